The van der Waals surface area contributed by atoms with E-state index in [9.17, 15) is 26.7 Å². The minimum atomic E-state index is -2.22. The Morgan fingerprint density at radius 1 is 0.967 bits per heavy atom. The molecule has 0 bridgehead atoms. The highest BCUT2D eigenvalue weighted by atomic mass is 19.2. The predicted molar refractivity (Wildman–Crippen MR) is 102 cm³/mol. The number of benzene rings is 2. The average Bonchev–Trinajstić information content (AvgIpc) is 2.89. The summed E-state index contributed by atoms with van der Waals surface area (Å²) in [4.78, 5) is 14.1. The van der Waals surface area contributed by atoms with Crippen molar-refractivity contribution >= 4 is 18.2 Å². The summed E-state index contributed by atoms with van der Waals surface area (Å²) in [5, 5.41) is 0. The van der Waals surface area contributed by atoms with Crippen LogP contribution in [0.15, 0.2) is 36.4 Å². The van der Waals surface area contributed by atoms with Gasteiger partial charge in [0.15, 0.2) is 29.5 Å². The van der Waals surface area contributed by atoms with Crippen LogP contribution in [0.5, 0.6) is 0 Å². The molecule has 0 spiro atoms. The number of carbonyl (C=O) groups is 1. The molecule has 1 aliphatic heterocycles. The summed E-state index contributed by atoms with van der Waals surface area (Å²) in [6, 6.07) is 8.15. The molecule has 0 saturated carbocycles. The smallest absolute Gasteiger partial charge is 0.280 e. The van der Waals surface area contributed by atoms with Crippen molar-refractivity contribution < 1.29 is 31.3 Å². The maximum Gasteiger partial charge on any atom is 0.296 e. The minimum absolute atomic E-state index is 0.492. The summed E-state index contributed by atoms with van der Waals surface area (Å²) in [6.45, 7) is 3.44. The maximum absolute atomic E-state index is 14.2. The molecule has 0 aliphatic carbocycles. The lowest BCUT2D eigenvalue weighted by Crippen LogP contribution is -2.43. The van der Waals surface area contributed by atoms with E-state index in [1.54, 1.807) is 36.8 Å². The molecule has 0 radical (unpaired) electrons. The van der Waals surface area contributed by atoms with Crippen LogP contribution in [0.1, 0.15) is 25.0 Å². The Hall–Kier alpha value is -3.03. The first-order valence-corrected chi connectivity index (χ1v) is 9.20. The number of carbonyl (C=O) groups excluding carboxylic acids is 1. The van der Waals surface area contributed by atoms with Crippen LogP contribution in [0.4, 0.5) is 22.0 Å². The van der Waals surface area contributed by atoms with Crippen molar-refractivity contribution in [2.75, 3.05) is 7.05 Å². The molecule has 8 heteroatoms. The zero-order chi connectivity index (χ0) is 22.2. The summed E-state index contributed by atoms with van der Waals surface area (Å²) < 4.78 is 70.5. The summed E-state index contributed by atoms with van der Waals surface area (Å²) in [5.41, 5.74) is -1.00. The van der Waals surface area contributed by atoms with E-state index in [0.29, 0.717) is 0 Å². The van der Waals surface area contributed by atoms with Crippen LogP contribution in [0.3, 0.4) is 0 Å². The maximum atomic E-state index is 14.2. The first kappa shape index (κ1) is 21.7. The van der Waals surface area contributed by atoms with E-state index in [1.807, 2.05) is 30.3 Å². The highest BCUT2D eigenvalue weighted by Gasteiger charge is 2.54. The molecule has 1 amide bonds. The number of hydrogen-bond acceptors (Lipinski definition) is 1. The van der Waals surface area contributed by atoms with Crippen molar-refractivity contribution in [1.29, 1.82) is 0 Å². The van der Waals surface area contributed by atoms with Crippen molar-refractivity contribution in [3.63, 3.8) is 0 Å². The molecular formula is C22H20F5N2O+. The van der Waals surface area contributed by atoms with Crippen LogP contribution in [-0.2, 0) is 11.2 Å². The van der Waals surface area contributed by atoms with E-state index < -0.39 is 58.7 Å². The fraction of sp³-hybridized carbons (Fsp3) is 0.273. The average molecular weight is 423 g/mol. The molecule has 1 fully saturated rings. The van der Waals surface area contributed by atoms with Crippen LogP contribution in [0.25, 0.3) is 6.08 Å². The van der Waals surface area contributed by atoms with Gasteiger partial charge in [0.05, 0.1) is 0 Å². The van der Waals surface area contributed by atoms with E-state index in [0.717, 1.165) is 5.56 Å². The molecule has 3 nitrogen and oxygen atoms in total. The summed E-state index contributed by atoms with van der Waals surface area (Å²) in [7, 11) is 1.52. The topological polar surface area (TPSA) is 23.3 Å². The van der Waals surface area contributed by atoms with Gasteiger partial charge in [0, 0.05) is 39.0 Å². The minimum Gasteiger partial charge on any atom is -0.280 e. The van der Waals surface area contributed by atoms with Crippen molar-refractivity contribution in [2.24, 2.45) is 0 Å². The molecule has 0 N–H and O–H groups in total. The van der Waals surface area contributed by atoms with Crippen molar-refractivity contribution in [3.05, 3.63) is 76.6 Å². The summed E-state index contributed by atoms with van der Waals surface area (Å²) >= 11 is 0. The second-order valence-electron chi connectivity index (χ2n) is 7.49. The molecule has 158 valence electrons. The SMILES string of the molecule is CN1C(=O)C(Cc2c(F)c(F)c(F)c(F)c2F)/[N+](=C/C=C/c2ccccc2)C1(C)C. The van der Waals surface area contributed by atoms with Crippen LogP contribution >= 0.6 is 0 Å². The highest BCUT2D eigenvalue weighted by molar-refractivity contribution is 5.85. The van der Waals surface area contributed by atoms with Crippen molar-refractivity contribution in [3.8, 4) is 0 Å². The van der Waals surface area contributed by atoms with Crippen LogP contribution in [0, 0.1) is 29.1 Å². The fourth-order valence-corrected chi connectivity index (χ4v) is 3.47. The first-order valence-electron chi connectivity index (χ1n) is 9.20. The molecule has 1 saturated heterocycles. The molecule has 30 heavy (non-hydrogen) atoms. The number of halogens is 5. The van der Waals surface area contributed by atoms with Gasteiger partial charge < -0.3 is 0 Å². The third kappa shape index (κ3) is 3.62. The normalized spacial score (nSPS) is 20.0. The standard InChI is InChI=1S/C22H20F5N2O/c1-22(2)28(3)21(30)15(29(22)11-7-10-13-8-5-4-6-9-13)12-14-16(23)18(25)20(27)19(26)17(14)24/h4-11,15H,12H2,1-3H3/q+1/b10-7+,29-11-. The zero-order valence-corrected chi connectivity index (χ0v) is 16.6. The van der Waals surface area contributed by atoms with Crippen LogP contribution in [-0.4, -0.2) is 40.3 Å². The van der Waals surface area contributed by atoms with Gasteiger partial charge in [-0.2, -0.15) is 0 Å². The van der Waals surface area contributed by atoms with Crippen LogP contribution < -0.4 is 0 Å². The predicted octanol–water partition coefficient (Wildman–Crippen LogP) is 4.30. The lowest BCUT2D eigenvalue weighted by Gasteiger charge is -2.22. The van der Waals surface area contributed by atoms with Gasteiger partial charge in [-0.3, -0.25) is 9.69 Å². The Bertz CT molecular complexity index is 1020. The number of rotatable bonds is 4. The molecule has 1 heterocycles. The van der Waals surface area contributed by atoms with Gasteiger partial charge in [0.2, 0.25) is 17.5 Å². The number of allylic oxidation sites excluding steroid dienone is 1. The van der Waals surface area contributed by atoms with Gasteiger partial charge >= 0.3 is 0 Å². The lowest BCUT2D eigenvalue weighted by molar-refractivity contribution is -0.616. The molecule has 1 atom stereocenters. The second-order valence-corrected chi connectivity index (χ2v) is 7.49. The van der Waals surface area contributed by atoms with Gasteiger partial charge in [-0.25, -0.2) is 26.5 Å². The third-order valence-corrected chi connectivity index (χ3v) is 5.44. The number of hydrogen-bond donors (Lipinski definition) is 0. The number of nitrogens with zero attached hydrogens (tertiary/aromatic N) is 2. The molecule has 3 rings (SSSR count). The lowest BCUT2D eigenvalue weighted by atomic mass is 10.0. The number of likely N-dealkylation sites (N-methyl/N-ethyl adjacent to an activating group) is 1. The Balaban J connectivity index is 2.03. The molecule has 2 aromatic carbocycles. The van der Waals surface area contributed by atoms with E-state index >= 15 is 0 Å². The first-order chi connectivity index (χ1) is 14.1. The molecular weight excluding hydrogens is 403 g/mol. The molecule has 0 aromatic heterocycles. The Morgan fingerprint density at radius 3 is 2.07 bits per heavy atom. The number of amides is 1. The van der Waals surface area contributed by atoms with E-state index in [2.05, 4.69) is 0 Å². The molecule has 1 aliphatic rings. The third-order valence-electron chi connectivity index (χ3n) is 5.44. The monoisotopic (exact) mass is 423 g/mol. The van der Waals surface area contributed by atoms with Gasteiger partial charge in [0.25, 0.3) is 5.91 Å². The Labute approximate surface area is 170 Å². The van der Waals surface area contributed by atoms with E-state index in [-0.39, 0.29) is 0 Å². The van der Waals surface area contributed by atoms with Crippen LogP contribution in [0.2, 0.25) is 0 Å². The van der Waals surface area contributed by atoms with Crippen molar-refractivity contribution in [2.45, 2.75) is 32.0 Å². The summed E-state index contributed by atoms with van der Waals surface area (Å²) in [6.07, 6.45) is 4.34. The van der Waals surface area contributed by atoms with Crippen molar-refractivity contribution in [1.82, 2.24) is 4.90 Å². The fourth-order valence-electron chi connectivity index (χ4n) is 3.47. The zero-order valence-electron chi connectivity index (χ0n) is 16.6. The van der Waals surface area contributed by atoms with Gasteiger partial charge in [0.1, 0.15) is 0 Å². The summed E-state index contributed by atoms with van der Waals surface area (Å²) in [5.74, 6) is -10.6. The van der Waals surface area contributed by atoms with Gasteiger partial charge in [-0.15, -0.1) is 0 Å². The van der Waals surface area contributed by atoms with E-state index in [4.69, 9.17) is 0 Å². The quantitative estimate of drug-likeness (QED) is 0.311. The molecule has 1 unspecified atom stereocenters. The van der Waals surface area contributed by atoms with E-state index in [1.165, 1.54) is 11.9 Å². The van der Waals surface area contributed by atoms with Gasteiger partial charge in [-0.05, 0) is 11.6 Å². The van der Waals surface area contributed by atoms with Gasteiger partial charge in [-0.1, -0.05) is 30.3 Å². The largest absolute Gasteiger partial charge is 0.296 e. The molecule has 2 aromatic rings. The Kier molecular flexibility index (Phi) is 5.78. The second kappa shape index (κ2) is 8.01. The highest BCUT2D eigenvalue weighted by Crippen LogP contribution is 2.30. The Morgan fingerprint density at radius 2 is 1.50 bits per heavy atom.